The fourth-order valence-corrected chi connectivity index (χ4v) is 14.7. The summed E-state index contributed by atoms with van der Waals surface area (Å²) in [6.07, 6.45) is 11.9. The SMILES string of the molecule is CC(C)(N)C(=O)OC1CCCC1.CC(C)(NC(=O)c1cccc(-c2cc(C(N)=O)c(NC(N)=O)s2)c1)C(=O)O.CC(C)(NC(=O)c1cccc(-c2cc(C(N)=O)c(NC(N)=O)s2)c1)C(=O)OC1CCCC1.CC(C)(NC(=O)c1cccc(B(O)O)c1)C(=O)OC1CCCC1.NC(=O)Nc1sc(Br)cc1C(N)=O.O=C(O)c1cccc(B(O)O)c1. The second kappa shape index (κ2) is 44.2. The number of carboxylic acids is 2. The summed E-state index contributed by atoms with van der Waals surface area (Å²) in [6, 6.07) is 26.7. The molecule has 26 N–H and O–H groups in total. The lowest BCUT2D eigenvalue weighted by molar-refractivity contribution is -0.155. The van der Waals surface area contributed by atoms with Gasteiger partial charge in [0.2, 0.25) is 0 Å². The summed E-state index contributed by atoms with van der Waals surface area (Å²) in [6.45, 7) is 12.5. The lowest BCUT2D eigenvalue weighted by Crippen LogP contribution is -2.51. The zero-order chi connectivity index (χ0) is 89.2. The van der Waals surface area contributed by atoms with E-state index in [9.17, 15) is 67.1 Å². The maximum atomic E-state index is 12.8. The maximum Gasteiger partial charge on any atom is 0.488 e. The minimum absolute atomic E-state index is 0.0422. The van der Waals surface area contributed by atoms with Crippen LogP contribution in [0.5, 0.6) is 0 Å². The summed E-state index contributed by atoms with van der Waals surface area (Å²) >= 11 is 6.51. The average molecular weight is 1770 g/mol. The van der Waals surface area contributed by atoms with Crippen molar-refractivity contribution >= 4 is 173 Å². The van der Waals surface area contributed by atoms with Gasteiger partial charge in [0.15, 0.2) is 0 Å². The Morgan fingerprint density at radius 2 is 0.697 bits per heavy atom. The van der Waals surface area contributed by atoms with Crippen LogP contribution in [0.25, 0.3) is 20.9 Å². The van der Waals surface area contributed by atoms with E-state index in [1.165, 1.54) is 105 Å². The van der Waals surface area contributed by atoms with Gasteiger partial charge in [-0.3, -0.25) is 49.5 Å². The summed E-state index contributed by atoms with van der Waals surface area (Å²) in [4.78, 5) is 163. The van der Waals surface area contributed by atoms with Crippen LogP contribution < -0.4 is 83.0 Å². The number of benzene rings is 4. The third-order valence-electron chi connectivity index (χ3n) is 17.5. The molecule has 10 rings (SSSR count). The summed E-state index contributed by atoms with van der Waals surface area (Å²) in [5.74, 6) is -7.01. The third-order valence-corrected chi connectivity index (χ3v) is 21.2. The predicted molar refractivity (Wildman–Crippen MR) is 452 cm³/mol. The van der Waals surface area contributed by atoms with E-state index in [2.05, 4.69) is 47.8 Å². The molecule has 0 saturated heterocycles. The van der Waals surface area contributed by atoms with Crippen molar-refractivity contribution in [1.29, 1.82) is 0 Å². The molecule has 42 heteroatoms. The first-order chi connectivity index (χ1) is 55.5. The Hall–Kier alpha value is -11.6. The van der Waals surface area contributed by atoms with Crippen LogP contribution in [0.1, 0.15) is 205 Å². The first-order valence-corrected chi connectivity index (χ1v) is 39.9. The van der Waals surface area contributed by atoms with Crippen LogP contribution in [-0.4, -0.2) is 168 Å². The summed E-state index contributed by atoms with van der Waals surface area (Å²) in [7, 11) is -3.27. The zero-order valence-corrected chi connectivity index (χ0v) is 70.1. The molecule has 3 aliphatic rings. The molecule has 0 bridgehead atoms. The number of carbonyl (C=O) groups is 14. The number of anilines is 3. The number of primary amides is 6. The van der Waals surface area contributed by atoms with Gasteiger partial charge in [0.1, 0.15) is 55.5 Å². The van der Waals surface area contributed by atoms with Gasteiger partial charge in [0.25, 0.3) is 35.4 Å². The van der Waals surface area contributed by atoms with E-state index < -0.39 is 114 Å². The van der Waals surface area contributed by atoms with Crippen LogP contribution in [0.15, 0.2) is 119 Å². The largest absolute Gasteiger partial charge is 0.488 e. The van der Waals surface area contributed by atoms with Crippen LogP contribution >= 0.6 is 49.9 Å². The van der Waals surface area contributed by atoms with Crippen LogP contribution in [0.4, 0.5) is 29.4 Å². The quantitative estimate of drug-likeness (QED) is 0.0178. The molecule has 638 valence electrons. The van der Waals surface area contributed by atoms with E-state index in [1.807, 2.05) is 0 Å². The van der Waals surface area contributed by atoms with Crippen LogP contribution in [0.2, 0.25) is 0 Å². The lowest BCUT2D eigenvalue weighted by Gasteiger charge is -2.26. The topological polar surface area (TPSA) is 642 Å². The van der Waals surface area contributed by atoms with Gasteiger partial charge >= 0.3 is 62.2 Å². The average Bonchev–Trinajstić information content (AvgIpc) is 1.68. The Balaban J connectivity index is 0.000000265. The second-order valence-corrected chi connectivity index (χ2v) is 33.8. The number of hydrogen-bond donors (Lipinski definition) is 19. The van der Waals surface area contributed by atoms with Gasteiger partial charge in [0.05, 0.1) is 26.0 Å². The molecule has 0 unspecified atom stereocenters. The smallest absolute Gasteiger partial charge is 0.480 e. The van der Waals surface area contributed by atoms with Gasteiger partial charge < -0.3 is 101 Å². The van der Waals surface area contributed by atoms with E-state index in [-0.39, 0.29) is 78.6 Å². The van der Waals surface area contributed by atoms with Crippen molar-refractivity contribution in [2.75, 3.05) is 16.0 Å². The fourth-order valence-electron chi connectivity index (χ4n) is 11.0. The number of esters is 3. The molecule has 0 atom stereocenters. The monoisotopic (exact) mass is 1770 g/mol. The molecule has 7 aromatic rings. The lowest BCUT2D eigenvalue weighted by atomic mass is 9.79. The highest BCUT2D eigenvalue weighted by molar-refractivity contribution is 9.11. The number of nitrogens with one attached hydrogen (secondary N) is 6. The number of ether oxygens (including phenoxy) is 3. The van der Waals surface area contributed by atoms with Gasteiger partial charge in [-0.15, -0.1) is 34.0 Å². The number of amides is 12. The van der Waals surface area contributed by atoms with Crippen molar-refractivity contribution in [1.82, 2.24) is 16.0 Å². The first kappa shape index (κ1) is 97.9. The molecule has 36 nitrogen and oxygen atoms in total. The minimum atomic E-state index is -1.65. The Morgan fingerprint density at radius 1 is 0.403 bits per heavy atom. The summed E-state index contributed by atoms with van der Waals surface area (Å²) in [5.41, 5.74) is 34.7. The fraction of sp³-hybridized carbons (Fsp3) is 0.351. The molecule has 3 aromatic heterocycles. The molecule has 3 saturated carbocycles. The van der Waals surface area contributed by atoms with Crippen molar-refractivity contribution in [3.63, 3.8) is 0 Å². The van der Waals surface area contributed by atoms with Crippen molar-refractivity contribution in [2.45, 2.75) is 173 Å². The molecule has 4 aromatic carbocycles. The number of carboxylic acid groups (broad SMARTS) is 2. The van der Waals surface area contributed by atoms with Crippen molar-refractivity contribution in [3.8, 4) is 20.9 Å². The molecule has 0 spiro atoms. The standard InChI is InChI=1S/C22H26N4O5S.C17H18N4O5S.C16H22BNO5.C9H17NO2.C7H7BO4.C6H6BrN3O2S/c1-22(2,20(29)31-14-8-3-4-9-14)26-18(28)13-7-5-6-12(10-13)16-11-15(17(23)27)19(32-16)25-21(24)30;1-17(2,15(24)25)21-13(23)9-5-3-4-8(6-9)11-7-10(12(18)22)14(27-11)20-16(19)26;1-16(2,15(20)23-13-8-3-4-9-13)18-14(19)11-6-5-7-12(10-11)17(21)22;1-9(2,10)8(11)12-7-5-3-4-6-7;9-7(10)5-2-1-3-6(4-5)8(11)12;7-3-1-2(4(8)11)5(13-3)10-6(9)12/h5-7,10-11,14H,3-4,8-9H2,1-2H3,(H2,23,27)(H,26,28)(H3,24,25,30);3-7H,1-2H3,(H2,18,22)(H,21,23)(H,24,25)(H3,19,20,26);5-7,10,13,21-22H,3-4,8-9H2,1-2H3,(H,18,19);7H,3-6,10H2,1-2H3;1-4,11-12H,(H,9,10);1H,(H2,8,11)(H3,9,10,12). The van der Waals surface area contributed by atoms with Crippen molar-refractivity contribution in [2.24, 2.45) is 40.1 Å². The highest BCUT2D eigenvalue weighted by Crippen LogP contribution is 2.38. The molecule has 0 radical (unpaired) electrons. The van der Waals surface area contributed by atoms with Crippen LogP contribution in [0.3, 0.4) is 0 Å². The van der Waals surface area contributed by atoms with Crippen molar-refractivity contribution < 1.29 is 112 Å². The molecular weight excluding hydrogens is 1670 g/mol. The van der Waals surface area contributed by atoms with Gasteiger partial charge in [-0.05, 0) is 237 Å². The highest BCUT2D eigenvalue weighted by Gasteiger charge is 2.37. The zero-order valence-electron chi connectivity index (χ0n) is 66.1. The van der Waals surface area contributed by atoms with Crippen LogP contribution in [-0.2, 0) is 33.4 Å². The van der Waals surface area contributed by atoms with Gasteiger partial charge in [0, 0.05) is 26.4 Å². The van der Waals surface area contributed by atoms with E-state index in [0.717, 1.165) is 86.9 Å². The molecular formula is C77H96B2BrN13O23S3. The number of carbonyl (C=O) groups excluding carboxylic acids is 12. The minimum Gasteiger partial charge on any atom is -0.480 e. The summed E-state index contributed by atoms with van der Waals surface area (Å²) < 4.78 is 16.9. The third kappa shape index (κ3) is 31.3. The Labute approximate surface area is 704 Å². The molecule has 0 aliphatic heterocycles. The summed E-state index contributed by atoms with van der Waals surface area (Å²) in [5, 5.41) is 69.0. The van der Waals surface area contributed by atoms with Crippen molar-refractivity contribution in [3.05, 3.63) is 158 Å². The predicted octanol–water partition coefficient (Wildman–Crippen LogP) is 6.33. The molecule has 119 heavy (non-hydrogen) atoms. The molecule has 3 fully saturated rings. The maximum absolute atomic E-state index is 12.8. The Morgan fingerprint density at radius 3 is 1.01 bits per heavy atom. The van der Waals surface area contributed by atoms with E-state index in [4.69, 9.17) is 84.7 Å². The number of aliphatic carboxylic acids is 1. The number of rotatable bonds is 24. The first-order valence-electron chi connectivity index (χ1n) is 36.6. The molecule has 3 heterocycles. The highest BCUT2D eigenvalue weighted by atomic mass is 79.9. The van der Waals surface area contributed by atoms with Crippen LogP contribution in [0, 0.1) is 0 Å². The number of hydrogen-bond acceptors (Lipinski definition) is 25. The number of halogens is 1. The van der Waals surface area contributed by atoms with E-state index >= 15 is 0 Å². The molecule has 12 amide bonds. The number of aromatic carboxylic acids is 1. The number of thiophene rings is 3. The van der Waals surface area contributed by atoms with Gasteiger partial charge in [-0.25, -0.2) is 33.6 Å². The normalized spacial score (nSPS) is 13.2. The molecule has 3 aliphatic carbocycles. The van der Waals surface area contributed by atoms with E-state index in [1.54, 1.807) is 90.1 Å². The Bertz CT molecular complexity index is 4850. The number of urea groups is 3. The second-order valence-electron chi connectivity index (χ2n) is 29.2. The van der Waals surface area contributed by atoms with Gasteiger partial charge in [-0.2, -0.15) is 0 Å². The van der Waals surface area contributed by atoms with Gasteiger partial charge in [-0.1, -0.05) is 48.5 Å². The Kier molecular flexibility index (Phi) is 36.4. The number of nitrogens with two attached hydrogens (primary N) is 7. The van der Waals surface area contributed by atoms with E-state index in [0.29, 0.717) is 35.2 Å².